The highest BCUT2D eigenvalue weighted by atomic mass is 19.2. The lowest BCUT2D eigenvalue weighted by atomic mass is 10.0. The predicted octanol–water partition coefficient (Wildman–Crippen LogP) is 3.93. The molecule has 1 amide bonds. The summed E-state index contributed by atoms with van der Waals surface area (Å²) in [5.41, 5.74) is 5.43. The van der Waals surface area contributed by atoms with Gasteiger partial charge in [0, 0.05) is 21.9 Å². The van der Waals surface area contributed by atoms with Gasteiger partial charge in [-0.3, -0.25) is 4.79 Å². The third kappa shape index (κ3) is 2.81. The van der Waals surface area contributed by atoms with Gasteiger partial charge in [0.1, 0.15) is 0 Å². The molecule has 1 heterocycles. The first kappa shape index (κ1) is 19.8. The van der Waals surface area contributed by atoms with Gasteiger partial charge < -0.3 is 15.4 Å². The van der Waals surface area contributed by atoms with Gasteiger partial charge in [-0.1, -0.05) is 6.07 Å². The summed E-state index contributed by atoms with van der Waals surface area (Å²) in [5, 5.41) is 10.1. The number of rotatable bonds is 4. The number of fused-ring (bicyclic) bond motifs is 3. The van der Waals surface area contributed by atoms with Gasteiger partial charge in [0.15, 0.2) is 23.3 Å². The number of benzene rings is 3. The van der Waals surface area contributed by atoms with Gasteiger partial charge in [0.05, 0.1) is 24.2 Å². The van der Waals surface area contributed by atoms with Crippen LogP contribution >= 0.6 is 0 Å². The largest absolute Gasteiger partial charge is 0.392 e. The Morgan fingerprint density at radius 1 is 1.00 bits per heavy atom. The van der Waals surface area contributed by atoms with Crippen molar-refractivity contribution in [2.75, 3.05) is 0 Å². The van der Waals surface area contributed by atoms with Crippen molar-refractivity contribution in [1.29, 1.82) is 0 Å². The Labute approximate surface area is 165 Å². The molecule has 0 fully saturated rings. The molecule has 4 rings (SSSR count). The lowest BCUT2D eigenvalue weighted by molar-refractivity contribution is 0.100. The minimum Gasteiger partial charge on any atom is -0.392 e. The fourth-order valence-corrected chi connectivity index (χ4v) is 3.51. The van der Waals surface area contributed by atoms with E-state index in [9.17, 15) is 31.9 Å². The third-order valence-electron chi connectivity index (χ3n) is 4.92. The number of nitrogens with zero attached hydrogens (tertiary/aromatic N) is 1. The van der Waals surface area contributed by atoms with Gasteiger partial charge in [-0.25, -0.2) is 22.0 Å². The zero-order valence-electron chi connectivity index (χ0n) is 15.1. The molecule has 153 valence electrons. The molecule has 0 bridgehead atoms. The molecule has 1 aromatic heterocycles. The van der Waals surface area contributed by atoms with Crippen LogP contribution in [0.1, 0.15) is 21.5 Å². The van der Waals surface area contributed by atoms with Crippen molar-refractivity contribution in [2.24, 2.45) is 5.73 Å². The van der Waals surface area contributed by atoms with Crippen LogP contribution in [0.25, 0.3) is 21.8 Å². The summed E-state index contributed by atoms with van der Waals surface area (Å²) in [6.07, 6.45) is 0. The quantitative estimate of drug-likeness (QED) is 0.299. The summed E-state index contributed by atoms with van der Waals surface area (Å²) in [6, 6.07) is 10.3. The van der Waals surface area contributed by atoms with Crippen molar-refractivity contribution in [3.63, 3.8) is 0 Å². The summed E-state index contributed by atoms with van der Waals surface area (Å²) in [6.45, 7) is -1.10. The number of hydrogen-bond donors (Lipinski definition) is 2. The molecule has 0 saturated carbocycles. The second-order valence-electron chi connectivity index (χ2n) is 6.62. The number of aliphatic hydroxyl groups is 1. The van der Waals surface area contributed by atoms with Crippen LogP contribution in [-0.2, 0) is 13.2 Å². The number of primary amides is 1. The van der Waals surface area contributed by atoms with Gasteiger partial charge in [0.25, 0.3) is 0 Å². The first-order valence-corrected chi connectivity index (χ1v) is 8.62. The summed E-state index contributed by atoms with van der Waals surface area (Å²) < 4.78 is 70.6. The molecule has 0 unspecified atom stereocenters. The summed E-state index contributed by atoms with van der Waals surface area (Å²) in [5.74, 6) is -11.0. The molecule has 4 aromatic rings. The molecule has 0 aliphatic heterocycles. The van der Waals surface area contributed by atoms with Gasteiger partial charge in [-0.2, -0.15) is 0 Å². The average molecular weight is 419 g/mol. The molecule has 9 heteroatoms. The highest BCUT2D eigenvalue weighted by Gasteiger charge is 2.27. The molecule has 0 spiro atoms. The van der Waals surface area contributed by atoms with Crippen LogP contribution < -0.4 is 5.73 Å². The van der Waals surface area contributed by atoms with E-state index in [0.717, 1.165) is 0 Å². The van der Waals surface area contributed by atoms with Crippen LogP contribution in [0.5, 0.6) is 0 Å². The number of hydrogen-bond acceptors (Lipinski definition) is 2. The molecular formula is C21H12F5N2O2. The van der Waals surface area contributed by atoms with Crippen molar-refractivity contribution in [3.05, 3.63) is 82.2 Å². The fourth-order valence-electron chi connectivity index (χ4n) is 3.51. The Bertz CT molecular complexity index is 1320. The predicted molar refractivity (Wildman–Crippen MR) is 98.1 cm³/mol. The number of carbonyl (C=O) groups is 1. The second-order valence-corrected chi connectivity index (χ2v) is 6.62. The molecule has 3 N–H and O–H groups in total. The Morgan fingerprint density at radius 3 is 2.23 bits per heavy atom. The lowest BCUT2D eigenvalue weighted by Crippen LogP contribution is -2.12. The molecular weight excluding hydrogens is 407 g/mol. The van der Waals surface area contributed by atoms with E-state index in [2.05, 4.69) is 6.07 Å². The van der Waals surface area contributed by atoms with Crippen LogP contribution in [0.15, 0.2) is 30.3 Å². The molecule has 3 aromatic carbocycles. The number of carbonyl (C=O) groups excluding carboxylic acids is 1. The monoisotopic (exact) mass is 419 g/mol. The number of halogens is 5. The standard InChI is InChI=1S/C21H12F5N2O2/c22-16-12(17(23)19(25)20(26)18(16)24)7-28-13-3-1-2-11(21(27)30)15(13)10-5-4-9(8-29)6-14(10)28/h1-4,6,29H,7-8H2,(H2,27,30). The summed E-state index contributed by atoms with van der Waals surface area (Å²) in [4.78, 5) is 11.9. The maximum atomic E-state index is 14.3. The molecule has 30 heavy (non-hydrogen) atoms. The maximum Gasteiger partial charge on any atom is 0.249 e. The lowest BCUT2D eigenvalue weighted by Gasteiger charge is -2.12. The van der Waals surface area contributed by atoms with Gasteiger partial charge >= 0.3 is 0 Å². The average Bonchev–Trinajstić information content (AvgIpc) is 3.06. The van der Waals surface area contributed by atoms with Crippen LogP contribution in [0.4, 0.5) is 22.0 Å². The zero-order chi connectivity index (χ0) is 21.7. The van der Waals surface area contributed by atoms with E-state index in [-0.39, 0.29) is 23.2 Å². The Morgan fingerprint density at radius 2 is 1.63 bits per heavy atom. The molecule has 0 aliphatic rings. The minimum atomic E-state index is -2.25. The number of aliphatic hydroxyl groups excluding tert-OH is 1. The van der Waals surface area contributed by atoms with E-state index in [1.54, 1.807) is 0 Å². The first-order chi connectivity index (χ1) is 14.3. The highest BCUT2D eigenvalue weighted by Crippen LogP contribution is 2.34. The molecule has 0 atom stereocenters. The molecule has 0 saturated heterocycles. The van der Waals surface area contributed by atoms with E-state index in [4.69, 9.17) is 5.73 Å². The smallest absolute Gasteiger partial charge is 0.249 e. The van der Waals surface area contributed by atoms with Gasteiger partial charge in [-0.15, -0.1) is 0 Å². The van der Waals surface area contributed by atoms with Crippen molar-refractivity contribution in [3.8, 4) is 0 Å². The fraction of sp³-hybridized carbons (Fsp3) is 0.0952. The molecule has 0 aliphatic carbocycles. The topological polar surface area (TPSA) is 68.2 Å². The highest BCUT2D eigenvalue weighted by molar-refractivity contribution is 6.17. The third-order valence-corrected chi connectivity index (χ3v) is 4.92. The maximum absolute atomic E-state index is 14.3. The summed E-state index contributed by atoms with van der Waals surface area (Å²) in [7, 11) is 0. The Kier molecular flexibility index (Phi) is 4.70. The van der Waals surface area contributed by atoms with E-state index in [0.29, 0.717) is 16.3 Å². The van der Waals surface area contributed by atoms with Crippen molar-refractivity contribution in [1.82, 2.24) is 4.57 Å². The van der Waals surface area contributed by atoms with E-state index in [1.165, 1.54) is 34.9 Å². The van der Waals surface area contributed by atoms with Crippen LogP contribution in [0, 0.1) is 35.2 Å². The second kappa shape index (κ2) is 7.10. The summed E-state index contributed by atoms with van der Waals surface area (Å²) >= 11 is 0. The Balaban J connectivity index is 2.09. The molecule has 1 radical (unpaired) electrons. The SMILES string of the molecule is NC(=O)c1cccc2c1c1[c]cc(CO)cc1n2Cc1c(F)c(F)c(F)c(F)c1F. The normalized spacial score (nSPS) is 11.5. The first-order valence-electron chi connectivity index (χ1n) is 8.62. The van der Waals surface area contributed by atoms with E-state index >= 15 is 0 Å². The van der Waals surface area contributed by atoms with Gasteiger partial charge in [0.2, 0.25) is 11.7 Å². The molecule has 4 nitrogen and oxygen atoms in total. The van der Waals surface area contributed by atoms with Crippen LogP contribution in [-0.4, -0.2) is 15.6 Å². The number of aromatic nitrogens is 1. The van der Waals surface area contributed by atoms with E-state index < -0.39 is 47.1 Å². The number of amides is 1. The van der Waals surface area contributed by atoms with Crippen molar-refractivity contribution in [2.45, 2.75) is 13.2 Å². The number of nitrogens with two attached hydrogens (primary N) is 1. The zero-order valence-corrected chi connectivity index (χ0v) is 15.1. The van der Waals surface area contributed by atoms with Crippen molar-refractivity contribution >= 4 is 27.7 Å². The minimum absolute atomic E-state index is 0.0988. The van der Waals surface area contributed by atoms with Crippen LogP contribution in [0.3, 0.4) is 0 Å². The van der Waals surface area contributed by atoms with Gasteiger partial charge in [-0.05, 0) is 35.9 Å². The van der Waals surface area contributed by atoms with E-state index in [1.807, 2.05) is 0 Å². The Hall–Kier alpha value is -3.46. The van der Waals surface area contributed by atoms with Crippen molar-refractivity contribution < 1.29 is 31.9 Å². The van der Waals surface area contributed by atoms with Crippen LogP contribution in [0.2, 0.25) is 0 Å².